The second kappa shape index (κ2) is 8.25. The van der Waals surface area contributed by atoms with Gasteiger partial charge in [-0.25, -0.2) is 0 Å². The van der Waals surface area contributed by atoms with Gasteiger partial charge in [-0.2, -0.15) is 0 Å². The highest BCUT2D eigenvalue weighted by atomic mass is 16.7. The number of ether oxygens (including phenoxy) is 3. The molecule has 0 amide bonds. The first-order valence-corrected chi connectivity index (χ1v) is 9.53. The van der Waals surface area contributed by atoms with Crippen LogP contribution < -0.4 is 4.74 Å². The fourth-order valence-electron chi connectivity index (χ4n) is 3.57. The molecule has 10 heteroatoms. The SMILES string of the molecule is OCC1OC(Oc2cc(O)cc3c2C=C(O)C(c2ccc(O)cc2)[OH+]3)C(O)C(O)C1O. The third-order valence-corrected chi connectivity index (χ3v) is 5.25. The summed E-state index contributed by atoms with van der Waals surface area (Å²) >= 11 is 0. The predicted octanol–water partition coefficient (Wildman–Crippen LogP) is 0.172. The summed E-state index contributed by atoms with van der Waals surface area (Å²) in [6.07, 6.45) is -6.82. The molecule has 2 aliphatic heterocycles. The predicted molar refractivity (Wildman–Crippen MR) is 106 cm³/mol. The van der Waals surface area contributed by atoms with E-state index in [1.54, 1.807) is 12.1 Å². The average molecular weight is 435 g/mol. The third-order valence-electron chi connectivity index (χ3n) is 5.25. The summed E-state index contributed by atoms with van der Waals surface area (Å²) in [4.78, 5) is 0. The van der Waals surface area contributed by atoms with Gasteiger partial charge in [-0.3, -0.25) is 0 Å². The Balaban J connectivity index is 1.64. The van der Waals surface area contributed by atoms with Gasteiger partial charge in [-0.1, -0.05) is 0 Å². The molecular weight excluding hydrogens is 412 g/mol. The van der Waals surface area contributed by atoms with Crippen molar-refractivity contribution < 1.29 is 50.0 Å². The maximum atomic E-state index is 10.5. The summed E-state index contributed by atoms with van der Waals surface area (Å²) in [5.74, 6) is 0.0226. The normalized spacial score (nSPS) is 30.1. The molecule has 0 saturated carbocycles. The second-order valence-corrected chi connectivity index (χ2v) is 7.38. The Morgan fingerprint density at radius 2 is 1.61 bits per heavy atom. The highest BCUT2D eigenvalue weighted by Crippen LogP contribution is 2.44. The van der Waals surface area contributed by atoms with E-state index in [-0.39, 0.29) is 28.8 Å². The standard InChI is InChI=1S/C21H22O10/c22-8-16-17(26)18(27)19(28)21(31-16)30-15-6-11(24)5-14-12(15)7-13(25)20(29-14)9-1-3-10(23)4-2-9/h1-7,16-28H,8H2/p+1. The fraction of sp³-hybridized carbons (Fsp3) is 0.333. The van der Waals surface area contributed by atoms with Gasteiger partial charge >= 0.3 is 0 Å². The lowest BCUT2D eigenvalue weighted by atomic mass is 9.99. The van der Waals surface area contributed by atoms with E-state index >= 15 is 0 Å². The van der Waals surface area contributed by atoms with E-state index < -0.39 is 43.4 Å². The quantitative estimate of drug-likeness (QED) is 0.330. The van der Waals surface area contributed by atoms with E-state index in [1.165, 1.54) is 30.3 Å². The van der Waals surface area contributed by atoms with Crippen LogP contribution >= 0.6 is 0 Å². The van der Waals surface area contributed by atoms with Crippen LogP contribution in [-0.2, 0) is 4.74 Å². The molecule has 2 heterocycles. The highest BCUT2D eigenvalue weighted by molar-refractivity contribution is 5.69. The van der Waals surface area contributed by atoms with Crippen LogP contribution in [0.5, 0.6) is 23.0 Å². The zero-order valence-corrected chi connectivity index (χ0v) is 16.1. The Morgan fingerprint density at radius 3 is 2.29 bits per heavy atom. The number of aliphatic hydroxyl groups is 6. The van der Waals surface area contributed by atoms with Gasteiger partial charge in [0.25, 0.3) is 11.9 Å². The minimum absolute atomic E-state index is 0.00112. The van der Waals surface area contributed by atoms with Gasteiger partial charge in [0, 0.05) is 12.1 Å². The van der Waals surface area contributed by atoms with Gasteiger partial charge in [-0.15, -0.1) is 0 Å². The zero-order chi connectivity index (χ0) is 22.3. The van der Waals surface area contributed by atoms with Gasteiger partial charge in [0.1, 0.15) is 47.2 Å². The van der Waals surface area contributed by atoms with Crippen molar-refractivity contribution in [1.82, 2.24) is 0 Å². The minimum Gasteiger partial charge on any atom is -0.571 e. The van der Waals surface area contributed by atoms with E-state index in [1.807, 2.05) is 0 Å². The number of fused-ring (bicyclic) bond motifs is 1. The maximum absolute atomic E-state index is 10.5. The van der Waals surface area contributed by atoms with Crippen molar-refractivity contribution in [3.63, 3.8) is 0 Å². The molecule has 0 aliphatic carbocycles. The number of aromatic hydroxyl groups is 3. The van der Waals surface area contributed by atoms with E-state index in [2.05, 4.69) is 4.74 Å². The fourth-order valence-corrected chi connectivity index (χ4v) is 3.57. The number of benzene rings is 2. The van der Waals surface area contributed by atoms with Crippen molar-refractivity contribution in [2.45, 2.75) is 36.8 Å². The van der Waals surface area contributed by atoms with Crippen LogP contribution in [0.25, 0.3) is 6.08 Å². The van der Waals surface area contributed by atoms with Crippen LogP contribution in [-0.4, -0.2) is 77.8 Å². The number of phenols is 2. The molecule has 2 aromatic rings. The first-order valence-electron chi connectivity index (χ1n) is 9.53. The number of hydrogen-bond acceptors (Lipinski definition) is 9. The molecule has 166 valence electrons. The Bertz CT molecular complexity index is 971. The largest absolute Gasteiger partial charge is 0.571 e. The molecule has 1 fully saturated rings. The summed E-state index contributed by atoms with van der Waals surface area (Å²) in [5, 5.41) is 69.5. The lowest BCUT2D eigenvalue weighted by molar-refractivity contribution is -0.277. The molecule has 0 aromatic heterocycles. The van der Waals surface area contributed by atoms with Crippen molar-refractivity contribution in [3.05, 3.63) is 53.3 Å². The van der Waals surface area contributed by atoms with E-state index in [0.29, 0.717) is 11.1 Å². The molecule has 10 nitrogen and oxygen atoms in total. The highest BCUT2D eigenvalue weighted by Gasteiger charge is 2.45. The van der Waals surface area contributed by atoms with Crippen LogP contribution in [0.4, 0.5) is 0 Å². The molecule has 31 heavy (non-hydrogen) atoms. The molecule has 0 radical (unpaired) electrons. The van der Waals surface area contributed by atoms with Crippen LogP contribution in [0.1, 0.15) is 17.2 Å². The van der Waals surface area contributed by atoms with Crippen molar-refractivity contribution in [3.8, 4) is 23.0 Å². The molecule has 4 rings (SSSR count). The topological polar surface area (TPSA) is 173 Å². The van der Waals surface area contributed by atoms with Crippen LogP contribution in [0, 0.1) is 0 Å². The first kappa shape index (κ1) is 21.2. The number of rotatable bonds is 4. The van der Waals surface area contributed by atoms with Crippen LogP contribution in [0.3, 0.4) is 0 Å². The smallest absolute Gasteiger partial charge is 0.270 e. The van der Waals surface area contributed by atoms with Gasteiger partial charge in [0.05, 0.1) is 18.2 Å². The molecular formula is C21H23O10+. The molecule has 8 N–H and O–H groups in total. The molecule has 0 spiro atoms. The lowest BCUT2D eigenvalue weighted by Crippen LogP contribution is -2.60. The monoisotopic (exact) mass is 435 g/mol. The average Bonchev–Trinajstić information content (AvgIpc) is 2.75. The molecule has 6 unspecified atom stereocenters. The molecule has 1 saturated heterocycles. The Labute approximate surface area is 176 Å². The summed E-state index contributed by atoms with van der Waals surface area (Å²) in [6, 6.07) is 8.72. The second-order valence-electron chi connectivity index (χ2n) is 7.38. The van der Waals surface area contributed by atoms with Gasteiger partial charge in [-0.05, 0) is 24.3 Å². The summed E-state index contributed by atoms with van der Waals surface area (Å²) in [5.41, 5.74) is 0.902. The van der Waals surface area contributed by atoms with E-state index in [9.17, 15) is 35.7 Å². The van der Waals surface area contributed by atoms with E-state index in [0.717, 1.165) is 0 Å². The van der Waals surface area contributed by atoms with Crippen molar-refractivity contribution in [2.75, 3.05) is 6.61 Å². The van der Waals surface area contributed by atoms with Crippen LogP contribution in [0.15, 0.2) is 42.2 Å². The molecule has 2 aliphatic rings. The molecule has 6 atom stereocenters. The molecule has 2 aromatic carbocycles. The summed E-state index contributed by atoms with van der Waals surface area (Å²) in [6.45, 7) is -0.618. The Kier molecular flexibility index (Phi) is 5.65. The van der Waals surface area contributed by atoms with Crippen molar-refractivity contribution in [2.24, 2.45) is 0 Å². The Morgan fingerprint density at radius 1 is 0.903 bits per heavy atom. The third kappa shape index (κ3) is 3.99. The van der Waals surface area contributed by atoms with Gasteiger partial charge in [0.2, 0.25) is 6.29 Å². The van der Waals surface area contributed by atoms with Crippen molar-refractivity contribution >= 4 is 6.08 Å². The summed E-state index contributed by atoms with van der Waals surface area (Å²) in [7, 11) is 0. The zero-order valence-electron chi connectivity index (χ0n) is 16.1. The number of aliphatic hydroxyl groups excluding tert-OH is 5. The van der Waals surface area contributed by atoms with Crippen molar-refractivity contribution in [1.29, 1.82) is 0 Å². The van der Waals surface area contributed by atoms with Crippen LogP contribution in [0.2, 0.25) is 0 Å². The number of phenolic OH excluding ortho intramolecular Hbond substituents is 2. The Hall–Kier alpha value is -3.02. The molecule has 0 bridgehead atoms. The minimum atomic E-state index is -1.64. The first-order chi connectivity index (χ1) is 14.8. The number of hydrogen-bond donors (Lipinski definition) is 7. The van der Waals surface area contributed by atoms with E-state index in [4.69, 9.17) is 9.47 Å². The van der Waals surface area contributed by atoms with Gasteiger partial charge in [0.15, 0.2) is 5.76 Å². The maximum Gasteiger partial charge on any atom is 0.270 e. The summed E-state index contributed by atoms with van der Waals surface area (Å²) < 4.78 is 15.4. The van der Waals surface area contributed by atoms with Gasteiger partial charge < -0.3 is 50.0 Å². The lowest BCUT2D eigenvalue weighted by Gasteiger charge is -2.39.